The first kappa shape index (κ1) is 14.9. The van der Waals surface area contributed by atoms with E-state index in [9.17, 15) is 0 Å². The zero-order chi connectivity index (χ0) is 14.0. The third-order valence-corrected chi connectivity index (χ3v) is 5.33. The number of thiazole rings is 1. The van der Waals surface area contributed by atoms with Crippen LogP contribution in [-0.2, 0) is 6.54 Å². The molecular weight excluding hydrogens is 254 g/mol. The maximum atomic E-state index is 4.63. The van der Waals surface area contributed by atoms with Gasteiger partial charge in [0.15, 0.2) is 0 Å². The number of nitrogens with zero attached hydrogens (tertiary/aromatic N) is 2. The predicted molar refractivity (Wildman–Crippen MR) is 82.6 cm³/mol. The van der Waals surface area contributed by atoms with Gasteiger partial charge in [-0.05, 0) is 26.2 Å². The van der Waals surface area contributed by atoms with E-state index in [4.69, 9.17) is 0 Å². The highest BCUT2D eigenvalue weighted by molar-refractivity contribution is 7.09. The van der Waals surface area contributed by atoms with Crippen LogP contribution >= 0.6 is 11.3 Å². The molecule has 0 saturated carbocycles. The summed E-state index contributed by atoms with van der Waals surface area (Å²) in [6.45, 7) is 14.5. The molecule has 2 rings (SSSR count). The normalized spacial score (nSPS) is 29.1. The molecule has 19 heavy (non-hydrogen) atoms. The van der Waals surface area contributed by atoms with Crippen LogP contribution in [0.1, 0.15) is 44.8 Å². The number of hydrogen-bond acceptors (Lipinski definition) is 4. The molecule has 0 radical (unpaired) electrons. The molecule has 1 aromatic heterocycles. The van der Waals surface area contributed by atoms with Crippen LogP contribution in [-0.4, -0.2) is 34.6 Å². The maximum Gasteiger partial charge on any atom is 0.0897 e. The van der Waals surface area contributed by atoms with Crippen molar-refractivity contribution in [1.29, 1.82) is 0 Å². The Labute approximate surface area is 121 Å². The van der Waals surface area contributed by atoms with Crippen LogP contribution in [0.15, 0.2) is 5.38 Å². The van der Waals surface area contributed by atoms with Gasteiger partial charge in [0.1, 0.15) is 0 Å². The quantitative estimate of drug-likeness (QED) is 0.919. The van der Waals surface area contributed by atoms with Crippen LogP contribution in [0.4, 0.5) is 0 Å². The Morgan fingerprint density at radius 2 is 2.32 bits per heavy atom. The average molecular weight is 281 g/mol. The van der Waals surface area contributed by atoms with Crippen LogP contribution in [0, 0.1) is 12.8 Å². The number of hydrogen-bond donors (Lipinski definition) is 1. The molecule has 2 unspecified atom stereocenters. The number of aryl methyl sites for hydroxylation is 1. The van der Waals surface area contributed by atoms with E-state index < -0.39 is 0 Å². The van der Waals surface area contributed by atoms with Crippen molar-refractivity contribution in [2.45, 2.75) is 59.2 Å². The van der Waals surface area contributed by atoms with Crippen molar-refractivity contribution in [2.75, 3.05) is 13.1 Å². The largest absolute Gasteiger partial charge is 0.311 e. The molecule has 3 nitrogen and oxygen atoms in total. The summed E-state index contributed by atoms with van der Waals surface area (Å²) in [6, 6.07) is 0.597. The molecular formula is C15H27N3S. The summed E-state index contributed by atoms with van der Waals surface area (Å²) in [7, 11) is 0. The smallest absolute Gasteiger partial charge is 0.0897 e. The highest BCUT2D eigenvalue weighted by Gasteiger charge is 2.37. The zero-order valence-electron chi connectivity index (χ0n) is 12.9. The van der Waals surface area contributed by atoms with Gasteiger partial charge >= 0.3 is 0 Å². The molecule has 1 fully saturated rings. The number of piperazine rings is 1. The number of nitrogens with one attached hydrogen (secondary N) is 1. The summed E-state index contributed by atoms with van der Waals surface area (Å²) < 4.78 is 0. The molecule has 1 N–H and O–H groups in total. The van der Waals surface area contributed by atoms with Crippen LogP contribution in [0.2, 0.25) is 0 Å². The minimum Gasteiger partial charge on any atom is -0.311 e. The Balaban J connectivity index is 2.11. The third kappa shape index (κ3) is 3.36. The van der Waals surface area contributed by atoms with E-state index in [1.807, 2.05) is 0 Å². The van der Waals surface area contributed by atoms with Gasteiger partial charge in [-0.1, -0.05) is 20.8 Å². The van der Waals surface area contributed by atoms with Gasteiger partial charge in [0.05, 0.1) is 10.7 Å². The van der Waals surface area contributed by atoms with E-state index in [0.29, 0.717) is 12.0 Å². The van der Waals surface area contributed by atoms with Crippen molar-refractivity contribution in [2.24, 2.45) is 5.92 Å². The van der Waals surface area contributed by atoms with Crippen LogP contribution in [0.3, 0.4) is 0 Å². The van der Waals surface area contributed by atoms with Crippen molar-refractivity contribution in [3.8, 4) is 0 Å². The van der Waals surface area contributed by atoms with Gasteiger partial charge in [-0.15, -0.1) is 11.3 Å². The number of rotatable bonds is 4. The lowest BCUT2D eigenvalue weighted by molar-refractivity contribution is 0.0308. The summed E-state index contributed by atoms with van der Waals surface area (Å²) in [4.78, 5) is 7.26. The summed E-state index contributed by atoms with van der Waals surface area (Å²) in [5.41, 5.74) is 1.48. The van der Waals surface area contributed by atoms with E-state index in [2.05, 4.69) is 55.2 Å². The molecule has 2 atom stereocenters. The monoisotopic (exact) mass is 281 g/mol. The molecule has 1 aliphatic heterocycles. The fourth-order valence-corrected chi connectivity index (χ4v) is 3.32. The van der Waals surface area contributed by atoms with Crippen molar-refractivity contribution in [3.05, 3.63) is 16.1 Å². The highest BCUT2D eigenvalue weighted by atomic mass is 32.1. The molecule has 0 amide bonds. The molecule has 0 aromatic carbocycles. The molecule has 1 saturated heterocycles. The molecule has 0 spiro atoms. The predicted octanol–water partition coefficient (Wildman–Crippen LogP) is 3.05. The number of aromatic nitrogens is 1. The lowest BCUT2D eigenvalue weighted by Gasteiger charge is -2.48. The molecule has 1 aromatic rings. The van der Waals surface area contributed by atoms with Gasteiger partial charge in [0, 0.05) is 36.6 Å². The first-order valence-corrected chi connectivity index (χ1v) is 8.22. The SMILES string of the molecule is CCC1(C)CNC(C(C)C)CN1Cc1csc(C)n1. The van der Waals surface area contributed by atoms with E-state index in [-0.39, 0.29) is 5.54 Å². The van der Waals surface area contributed by atoms with Gasteiger partial charge in [0.25, 0.3) is 0 Å². The van der Waals surface area contributed by atoms with Crippen LogP contribution in [0.5, 0.6) is 0 Å². The van der Waals surface area contributed by atoms with E-state index in [1.54, 1.807) is 11.3 Å². The Morgan fingerprint density at radius 3 is 2.84 bits per heavy atom. The van der Waals surface area contributed by atoms with Gasteiger partial charge in [-0.3, -0.25) is 4.90 Å². The minimum atomic E-state index is 0.253. The van der Waals surface area contributed by atoms with E-state index in [1.165, 1.54) is 17.1 Å². The average Bonchev–Trinajstić information content (AvgIpc) is 2.77. The second kappa shape index (κ2) is 5.90. The third-order valence-electron chi connectivity index (χ3n) is 4.51. The van der Waals surface area contributed by atoms with Gasteiger partial charge in [-0.25, -0.2) is 4.98 Å². The Morgan fingerprint density at radius 1 is 1.58 bits per heavy atom. The van der Waals surface area contributed by atoms with Crippen molar-refractivity contribution < 1.29 is 0 Å². The molecule has 108 valence electrons. The Hall–Kier alpha value is -0.450. The summed E-state index contributed by atoms with van der Waals surface area (Å²) in [5.74, 6) is 0.682. The van der Waals surface area contributed by atoms with E-state index in [0.717, 1.165) is 19.6 Å². The first-order valence-electron chi connectivity index (χ1n) is 7.34. The topological polar surface area (TPSA) is 28.2 Å². The molecule has 1 aliphatic rings. The maximum absolute atomic E-state index is 4.63. The second-order valence-corrected chi connectivity index (χ2v) is 7.38. The van der Waals surface area contributed by atoms with Gasteiger partial charge < -0.3 is 5.32 Å². The molecule has 0 aliphatic carbocycles. The van der Waals surface area contributed by atoms with Gasteiger partial charge in [-0.2, -0.15) is 0 Å². The Kier molecular flexibility index (Phi) is 4.64. The van der Waals surface area contributed by atoms with Crippen molar-refractivity contribution in [3.63, 3.8) is 0 Å². The fraction of sp³-hybridized carbons (Fsp3) is 0.800. The molecule has 4 heteroatoms. The fourth-order valence-electron chi connectivity index (χ4n) is 2.71. The van der Waals surface area contributed by atoms with Crippen LogP contribution in [0.25, 0.3) is 0 Å². The zero-order valence-corrected chi connectivity index (χ0v) is 13.7. The lowest BCUT2D eigenvalue weighted by Crippen LogP contribution is -2.63. The van der Waals surface area contributed by atoms with E-state index >= 15 is 0 Å². The summed E-state index contributed by atoms with van der Waals surface area (Å²) in [6.07, 6.45) is 1.17. The first-order chi connectivity index (χ1) is 8.94. The highest BCUT2D eigenvalue weighted by Crippen LogP contribution is 2.27. The lowest BCUT2D eigenvalue weighted by atomic mass is 9.89. The summed E-state index contributed by atoms with van der Waals surface area (Å²) in [5, 5.41) is 7.10. The standard InChI is InChI=1S/C15H27N3S/c1-6-15(5)10-16-14(11(2)3)8-18(15)7-13-9-19-12(4)17-13/h9,11,14,16H,6-8,10H2,1-5H3. The van der Waals surface area contributed by atoms with Crippen molar-refractivity contribution in [1.82, 2.24) is 15.2 Å². The molecule has 2 heterocycles. The van der Waals surface area contributed by atoms with Gasteiger partial charge in [0.2, 0.25) is 0 Å². The second-order valence-electron chi connectivity index (χ2n) is 6.32. The summed E-state index contributed by atoms with van der Waals surface area (Å²) >= 11 is 1.75. The van der Waals surface area contributed by atoms with Crippen molar-refractivity contribution >= 4 is 11.3 Å². The molecule has 0 bridgehead atoms. The minimum absolute atomic E-state index is 0.253. The van der Waals surface area contributed by atoms with Crippen LogP contribution < -0.4 is 5.32 Å². The Bertz CT molecular complexity index is 415.